The van der Waals surface area contributed by atoms with Crippen molar-refractivity contribution in [3.05, 3.63) is 96.6 Å². The highest BCUT2D eigenvalue weighted by Gasteiger charge is 2.31. The zero-order chi connectivity index (χ0) is 32.8. The van der Waals surface area contributed by atoms with Crippen molar-refractivity contribution in [1.82, 2.24) is 0 Å². The molecule has 0 aliphatic heterocycles. The van der Waals surface area contributed by atoms with Gasteiger partial charge in [-0.05, 0) is 55.7 Å². The van der Waals surface area contributed by atoms with Crippen LogP contribution < -0.4 is 25.4 Å². The topological polar surface area (TPSA) is 75.6 Å². The quantitative estimate of drug-likeness (QED) is 0.106. The lowest BCUT2D eigenvalue weighted by Crippen LogP contribution is -2.27. The fraction of sp³-hybridized carbons (Fsp3) is 0.316. The number of para-hydroxylation sites is 1. The minimum Gasteiger partial charge on any atom is -0.507 e. The first kappa shape index (κ1) is 33.6. The molecule has 8 heteroatoms. The fourth-order valence-corrected chi connectivity index (χ4v) is 7.91. The van der Waals surface area contributed by atoms with Crippen molar-refractivity contribution in [2.75, 3.05) is 27.8 Å². The number of methoxy groups -OCH3 is 2. The summed E-state index contributed by atoms with van der Waals surface area (Å²) in [6.45, 7) is 9.92. The number of fused-ring (bicyclic) bond motifs is 2. The summed E-state index contributed by atoms with van der Waals surface area (Å²) in [5, 5.41) is 18.6. The van der Waals surface area contributed by atoms with Crippen LogP contribution in [0.1, 0.15) is 40.2 Å². The lowest BCUT2D eigenvalue weighted by Gasteiger charge is -2.29. The molecule has 46 heavy (non-hydrogen) atoms. The molecule has 0 aromatic heterocycles. The summed E-state index contributed by atoms with van der Waals surface area (Å²) in [6, 6.07) is 30.6. The Morgan fingerprint density at radius 1 is 0.609 bits per heavy atom. The maximum atomic E-state index is 12.0. The van der Waals surface area contributed by atoms with Gasteiger partial charge in [0.25, 0.3) is 0 Å². The van der Waals surface area contributed by atoms with E-state index in [1.165, 1.54) is 0 Å². The standard InChI is InChI=1S/C38H43O7P/c1-25(40-6)42-23-44-36-29-15-10-8-13-27(29)19-21-33(36)46(32-18-12-17-31(35(32)39)38(3,4)5)34-22-20-28-14-9-11-16-30(28)37(34)45-24-43-26(2)41-7/h8-22,25-26,39H,23-24H2,1-7H3. The van der Waals surface area contributed by atoms with Gasteiger partial charge in [-0.3, -0.25) is 0 Å². The molecule has 1 N–H and O–H groups in total. The summed E-state index contributed by atoms with van der Waals surface area (Å²) < 4.78 is 35.2. The second-order valence-corrected chi connectivity index (χ2v) is 14.1. The highest BCUT2D eigenvalue weighted by Crippen LogP contribution is 2.47. The summed E-state index contributed by atoms with van der Waals surface area (Å²) >= 11 is 0. The minimum absolute atomic E-state index is 0.0168. The van der Waals surface area contributed by atoms with Crippen molar-refractivity contribution in [2.45, 2.75) is 52.6 Å². The third-order valence-electron chi connectivity index (χ3n) is 7.94. The second kappa shape index (κ2) is 14.8. The van der Waals surface area contributed by atoms with Gasteiger partial charge in [-0.25, -0.2) is 0 Å². The predicted molar refractivity (Wildman–Crippen MR) is 187 cm³/mol. The maximum Gasteiger partial charge on any atom is 0.192 e. The Labute approximate surface area is 272 Å². The molecule has 0 heterocycles. The highest BCUT2D eigenvalue weighted by atomic mass is 31.1. The molecule has 0 aliphatic rings. The van der Waals surface area contributed by atoms with Crippen molar-refractivity contribution in [1.29, 1.82) is 0 Å². The van der Waals surface area contributed by atoms with E-state index in [1.807, 2.05) is 68.4 Å². The molecule has 0 spiro atoms. The maximum absolute atomic E-state index is 12.0. The van der Waals surface area contributed by atoms with Crippen molar-refractivity contribution in [3.8, 4) is 17.2 Å². The number of hydrogen-bond acceptors (Lipinski definition) is 7. The third-order valence-corrected chi connectivity index (χ3v) is 10.4. The van der Waals surface area contributed by atoms with Crippen LogP contribution in [0.2, 0.25) is 0 Å². The molecule has 0 saturated carbocycles. The van der Waals surface area contributed by atoms with Crippen LogP contribution in [-0.4, -0.2) is 45.5 Å². The molecule has 0 aliphatic carbocycles. The van der Waals surface area contributed by atoms with Crippen LogP contribution in [-0.2, 0) is 24.4 Å². The first-order valence-corrected chi connectivity index (χ1v) is 16.7. The predicted octanol–water partition coefficient (Wildman–Crippen LogP) is 7.44. The number of hydrogen-bond donors (Lipinski definition) is 1. The molecule has 0 bridgehead atoms. The van der Waals surface area contributed by atoms with E-state index < -0.39 is 20.5 Å². The highest BCUT2D eigenvalue weighted by molar-refractivity contribution is 7.80. The number of rotatable bonds is 13. The van der Waals surface area contributed by atoms with E-state index in [9.17, 15) is 5.11 Å². The Morgan fingerprint density at radius 2 is 1.09 bits per heavy atom. The van der Waals surface area contributed by atoms with Gasteiger partial charge in [0, 0.05) is 40.9 Å². The van der Waals surface area contributed by atoms with E-state index in [-0.39, 0.29) is 24.8 Å². The Kier molecular flexibility index (Phi) is 10.8. The van der Waals surface area contributed by atoms with E-state index in [4.69, 9.17) is 28.4 Å². The van der Waals surface area contributed by atoms with Crippen LogP contribution >= 0.6 is 7.92 Å². The zero-order valence-corrected chi connectivity index (χ0v) is 28.5. The molecular formula is C38H43O7P. The van der Waals surface area contributed by atoms with Crippen molar-refractivity contribution < 1.29 is 33.5 Å². The molecule has 2 atom stereocenters. The molecule has 2 unspecified atom stereocenters. The average Bonchev–Trinajstić information content (AvgIpc) is 3.05. The number of phenolic OH excluding ortho intramolecular Hbond substituents is 1. The molecule has 5 rings (SSSR count). The molecule has 0 fully saturated rings. The Bertz CT molecular complexity index is 1680. The number of benzene rings is 5. The monoisotopic (exact) mass is 642 g/mol. The second-order valence-electron chi connectivity index (χ2n) is 12.0. The van der Waals surface area contributed by atoms with Crippen LogP contribution in [0.3, 0.4) is 0 Å². The van der Waals surface area contributed by atoms with Gasteiger partial charge in [0.15, 0.2) is 26.2 Å². The van der Waals surface area contributed by atoms with Gasteiger partial charge in [-0.2, -0.15) is 0 Å². The SMILES string of the molecule is COC(C)OCOc1c(P(c2cccc(C(C)(C)C)c2O)c2ccc3ccccc3c2OCOC(C)OC)ccc2ccccc12. The zero-order valence-electron chi connectivity index (χ0n) is 27.6. The smallest absolute Gasteiger partial charge is 0.192 e. The van der Waals surface area contributed by atoms with Crippen molar-refractivity contribution in [3.63, 3.8) is 0 Å². The molecule has 242 valence electrons. The molecule has 0 saturated heterocycles. The van der Waals surface area contributed by atoms with E-state index in [0.717, 1.165) is 43.0 Å². The van der Waals surface area contributed by atoms with E-state index in [2.05, 4.69) is 57.2 Å². The van der Waals surface area contributed by atoms with Crippen LogP contribution in [0.5, 0.6) is 17.2 Å². The van der Waals surface area contributed by atoms with Crippen LogP contribution in [0.15, 0.2) is 91.0 Å². The van der Waals surface area contributed by atoms with Gasteiger partial charge in [0.2, 0.25) is 0 Å². The summed E-state index contributed by atoms with van der Waals surface area (Å²) in [5.41, 5.74) is 0.569. The van der Waals surface area contributed by atoms with Crippen LogP contribution in [0.25, 0.3) is 21.5 Å². The Balaban J connectivity index is 1.79. The average molecular weight is 643 g/mol. The first-order chi connectivity index (χ1) is 22.1. The van der Waals surface area contributed by atoms with Crippen molar-refractivity contribution in [2.24, 2.45) is 0 Å². The minimum atomic E-state index is -1.46. The van der Waals surface area contributed by atoms with Gasteiger partial charge in [-0.1, -0.05) is 99.6 Å². The van der Waals surface area contributed by atoms with Gasteiger partial charge in [0.1, 0.15) is 17.2 Å². The Morgan fingerprint density at radius 3 is 1.54 bits per heavy atom. The summed E-state index contributed by atoms with van der Waals surface area (Å²) in [4.78, 5) is 0. The summed E-state index contributed by atoms with van der Waals surface area (Å²) in [6.07, 6.45) is -0.884. The van der Waals surface area contributed by atoms with Crippen molar-refractivity contribution >= 4 is 45.4 Å². The lowest BCUT2D eigenvalue weighted by atomic mass is 9.86. The molecule has 5 aromatic carbocycles. The molecular weight excluding hydrogens is 599 g/mol. The van der Waals surface area contributed by atoms with Crippen LogP contribution in [0, 0.1) is 0 Å². The van der Waals surface area contributed by atoms with E-state index in [1.54, 1.807) is 14.2 Å². The van der Waals surface area contributed by atoms with E-state index >= 15 is 0 Å². The van der Waals surface area contributed by atoms with Gasteiger partial charge in [0.05, 0.1) is 0 Å². The third kappa shape index (κ3) is 7.30. The normalized spacial score (nSPS) is 13.9. The molecule has 7 nitrogen and oxygen atoms in total. The van der Waals surface area contributed by atoms with Gasteiger partial charge in [-0.15, -0.1) is 0 Å². The van der Waals surface area contributed by atoms with E-state index in [0.29, 0.717) is 11.5 Å². The fourth-order valence-electron chi connectivity index (χ4n) is 5.34. The summed E-state index contributed by atoms with van der Waals surface area (Å²) in [7, 11) is 1.72. The first-order valence-electron chi connectivity index (χ1n) is 15.3. The largest absolute Gasteiger partial charge is 0.507 e. The number of aromatic hydroxyl groups is 1. The summed E-state index contributed by atoms with van der Waals surface area (Å²) in [5.74, 6) is 1.61. The van der Waals surface area contributed by atoms with Gasteiger partial charge < -0.3 is 33.5 Å². The lowest BCUT2D eigenvalue weighted by molar-refractivity contribution is -0.149. The number of ether oxygens (including phenoxy) is 6. The van der Waals surface area contributed by atoms with Crippen LogP contribution in [0.4, 0.5) is 0 Å². The molecule has 0 radical (unpaired) electrons. The Hall–Kier alpha value is -3.71. The molecule has 5 aromatic rings. The molecule has 0 amide bonds. The number of phenols is 1. The van der Waals surface area contributed by atoms with Gasteiger partial charge >= 0.3 is 0 Å².